The predicted octanol–water partition coefficient (Wildman–Crippen LogP) is 1.55. The molecule has 0 aromatic carbocycles. The fourth-order valence-corrected chi connectivity index (χ4v) is 3.41. The first kappa shape index (κ1) is 17.3. The minimum atomic E-state index is -0.0710. The summed E-state index contributed by atoms with van der Waals surface area (Å²) < 4.78 is 5.74. The molecular formula is C15H26N4O2S. The maximum atomic E-state index is 12.0. The van der Waals surface area contributed by atoms with Gasteiger partial charge in [0.05, 0.1) is 17.9 Å². The van der Waals surface area contributed by atoms with Crippen LogP contribution in [0.1, 0.15) is 26.5 Å². The van der Waals surface area contributed by atoms with Crippen LogP contribution in [0.5, 0.6) is 0 Å². The van der Waals surface area contributed by atoms with E-state index in [-0.39, 0.29) is 24.0 Å². The molecule has 2 heterocycles. The standard InChI is InChI=1S/C15H26N4O2S/c1-10(5-16-4)14(20)18-15-17-13(9-22-15)8-19-6-11(2)21-12(3)7-19/h9-12,16H,5-8H2,1-4H3,(H,17,18,20). The van der Waals surface area contributed by atoms with Gasteiger partial charge in [-0.25, -0.2) is 4.98 Å². The van der Waals surface area contributed by atoms with Gasteiger partial charge in [0, 0.05) is 37.5 Å². The van der Waals surface area contributed by atoms with Crippen LogP contribution in [0.3, 0.4) is 0 Å². The molecule has 1 saturated heterocycles. The highest BCUT2D eigenvalue weighted by Gasteiger charge is 2.23. The molecule has 0 spiro atoms. The Labute approximate surface area is 136 Å². The Hall–Kier alpha value is -1.02. The summed E-state index contributed by atoms with van der Waals surface area (Å²) in [6, 6.07) is 0. The molecule has 0 bridgehead atoms. The van der Waals surface area contributed by atoms with E-state index in [9.17, 15) is 4.79 Å². The molecular weight excluding hydrogens is 300 g/mol. The molecule has 1 aliphatic rings. The SMILES string of the molecule is CNCC(C)C(=O)Nc1nc(CN2CC(C)OC(C)C2)cs1. The van der Waals surface area contributed by atoms with Gasteiger partial charge in [0.1, 0.15) is 0 Å². The van der Waals surface area contributed by atoms with Crippen LogP contribution in [-0.2, 0) is 16.1 Å². The van der Waals surface area contributed by atoms with E-state index in [1.165, 1.54) is 11.3 Å². The van der Waals surface area contributed by atoms with Gasteiger partial charge in [-0.15, -0.1) is 11.3 Å². The topological polar surface area (TPSA) is 66.5 Å². The van der Waals surface area contributed by atoms with Crippen molar-refractivity contribution in [3.8, 4) is 0 Å². The minimum Gasteiger partial charge on any atom is -0.373 e. The van der Waals surface area contributed by atoms with Gasteiger partial charge >= 0.3 is 0 Å². The first-order valence-electron chi connectivity index (χ1n) is 7.75. The largest absolute Gasteiger partial charge is 0.373 e. The lowest BCUT2D eigenvalue weighted by Gasteiger charge is -2.34. The highest BCUT2D eigenvalue weighted by Crippen LogP contribution is 2.19. The third-order valence-corrected chi connectivity index (χ3v) is 4.43. The van der Waals surface area contributed by atoms with Crippen LogP contribution in [0.2, 0.25) is 0 Å². The number of hydrogen-bond acceptors (Lipinski definition) is 6. The van der Waals surface area contributed by atoms with Crippen LogP contribution < -0.4 is 10.6 Å². The molecule has 1 fully saturated rings. The molecule has 1 aromatic rings. The van der Waals surface area contributed by atoms with E-state index in [1.807, 2.05) is 19.4 Å². The molecule has 0 radical (unpaired) electrons. The van der Waals surface area contributed by atoms with Crippen LogP contribution in [0.15, 0.2) is 5.38 Å². The lowest BCUT2D eigenvalue weighted by atomic mass is 10.2. The maximum Gasteiger partial charge on any atom is 0.230 e. The third kappa shape index (κ3) is 5.01. The summed E-state index contributed by atoms with van der Waals surface area (Å²) in [5, 5.41) is 8.59. The summed E-state index contributed by atoms with van der Waals surface area (Å²) in [7, 11) is 1.84. The van der Waals surface area contributed by atoms with Gasteiger partial charge in [-0.1, -0.05) is 6.92 Å². The fraction of sp³-hybridized carbons (Fsp3) is 0.733. The number of aromatic nitrogens is 1. The average Bonchev–Trinajstić information content (AvgIpc) is 2.84. The molecule has 2 rings (SSSR count). The summed E-state index contributed by atoms with van der Waals surface area (Å²) in [4.78, 5) is 18.8. The molecule has 3 atom stereocenters. The number of anilines is 1. The zero-order chi connectivity index (χ0) is 16.1. The summed E-state index contributed by atoms with van der Waals surface area (Å²) in [5.41, 5.74) is 1.00. The van der Waals surface area contributed by atoms with Crippen molar-refractivity contribution in [3.63, 3.8) is 0 Å². The lowest BCUT2D eigenvalue weighted by molar-refractivity contribution is -0.119. The van der Waals surface area contributed by atoms with Gasteiger partial charge in [0.25, 0.3) is 0 Å². The number of rotatable bonds is 6. The second-order valence-electron chi connectivity index (χ2n) is 6.04. The molecule has 7 heteroatoms. The van der Waals surface area contributed by atoms with E-state index < -0.39 is 0 Å². The number of carbonyl (C=O) groups is 1. The van der Waals surface area contributed by atoms with Crippen LogP contribution in [0, 0.1) is 5.92 Å². The lowest BCUT2D eigenvalue weighted by Crippen LogP contribution is -2.44. The molecule has 6 nitrogen and oxygen atoms in total. The molecule has 2 N–H and O–H groups in total. The number of amides is 1. The predicted molar refractivity (Wildman–Crippen MR) is 89.1 cm³/mol. The maximum absolute atomic E-state index is 12.0. The van der Waals surface area contributed by atoms with Crippen LogP contribution in [0.25, 0.3) is 0 Å². The normalized spacial score (nSPS) is 24.2. The van der Waals surface area contributed by atoms with Crippen molar-refractivity contribution in [1.82, 2.24) is 15.2 Å². The Balaban J connectivity index is 1.87. The number of hydrogen-bond donors (Lipinski definition) is 2. The molecule has 22 heavy (non-hydrogen) atoms. The number of nitrogens with zero attached hydrogens (tertiary/aromatic N) is 2. The Morgan fingerprint density at radius 2 is 2.18 bits per heavy atom. The second-order valence-corrected chi connectivity index (χ2v) is 6.90. The number of carbonyl (C=O) groups excluding carboxylic acids is 1. The highest BCUT2D eigenvalue weighted by atomic mass is 32.1. The zero-order valence-corrected chi connectivity index (χ0v) is 14.6. The summed E-state index contributed by atoms with van der Waals surface area (Å²) in [6.45, 7) is 9.39. The summed E-state index contributed by atoms with van der Waals surface area (Å²) >= 11 is 1.48. The van der Waals surface area contributed by atoms with Crippen molar-refractivity contribution in [1.29, 1.82) is 0 Å². The molecule has 124 valence electrons. The minimum absolute atomic E-state index is 0.00358. The average molecular weight is 326 g/mol. The van der Waals surface area contributed by atoms with E-state index in [1.54, 1.807) is 0 Å². The van der Waals surface area contributed by atoms with Crippen molar-refractivity contribution in [2.75, 3.05) is 32.0 Å². The number of nitrogens with one attached hydrogen (secondary N) is 2. The van der Waals surface area contributed by atoms with Crippen molar-refractivity contribution < 1.29 is 9.53 Å². The fourth-order valence-electron chi connectivity index (χ4n) is 2.71. The molecule has 1 aliphatic heterocycles. The second kappa shape index (κ2) is 8.01. The molecule has 3 unspecified atom stereocenters. The summed E-state index contributed by atoms with van der Waals surface area (Å²) in [6.07, 6.45) is 0.507. The van der Waals surface area contributed by atoms with E-state index in [2.05, 4.69) is 34.4 Å². The van der Waals surface area contributed by atoms with E-state index in [0.717, 1.165) is 25.3 Å². The van der Waals surface area contributed by atoms with Crippen molar-refractivity contribution in [3.05, 3.63) is 11.1 Å². The van der Waals surface area contributed by atoms with E-state index in [4.69, 9.17) is 4.74 Å². The van der Waals surface area contributed by atoms with Crippen molar-refractivity contribution >= 4 is 22.4 Å². The van der Waals surface area contributed by atoms with Crippen molar-refractivity contribution in [2.24, 2.45) is 5.92 Å². The van der Waals surface area contributed by atoms with Gasteiger partial charge in [-0.05, 0) is 20.9 Å². The van der Waals surface area contributed by atoms with Gasteiger partial charge in [-0.2, -0.15) is 0 Å². The van der Waals surface area contributed by atoms with Gasteiger partial charge in [0.2, 0.25) is 5.91 Å². The first-order valence-corrected chi connectivity index (χ1v) is 8.63. The Kier molecular flexibility index (Phi) is 6.31. The van der Waals surface area contributed by atoms with E-state index >= 15 is 0 Å². The van der Waals surface area contributed by atoms with Crippen LogP contribution >= 0.6 is 11.3 Å². The number of thiazole rings is 1. The smallest absolute Gasteiger partial charge is 0.230 e. The van der Waals surface area contributed by atoms with Gasteiger partial charge in [-0.3, -0.25) is 9.69 Å². The Morgan fingerprint density at radius 1 is 1.50 bits per heavy atom. The van der Waals surface area contributed by atoms with Gasteiger partial charge < -0.3 is 15.4 Å². The first-order chi connectivity index (χ1) is 10.5. The number of morpholine rings is 1. The quantitative estimate of drug-likeness (QED) is 0.830. The molecule has 0 saturated carbocycles. The van der Waals surface area contributed by atoms with Crippen LogP contribution in [0.4, 0.5) is 5.13 Å². The van der Waals surface area contributed by atoms with Crippen LogP contribution in [-0.4, -0.2) is 54.7 Å². The molecule has 1 aromatic heterocycles. The van der Waals surface area contributed by atoms with E-state index in [0.29, 0.717) is 11.7 Å². The molecule has 1 amide bonds. The van der Waals surface area contributed by atoms with Gasteiger partial charge in [0.15, 0.2) is 5.13 Å². The molecule has 0 aliphatic carbocycles. The zero-order valence-electron chi connectivity index (χ0n) is 13.8. The number of ether oxygens (including phenoxy) is 1. The summed E-state index contributed by atoms with van der Waals surface area (Å²) in [5.74, 6) is -0.0674. The monoisotopic (exact) mass is 326 g/mol. The Morgan fingerprint density at radius 3 is 2.82 bits per heavy atom. The highest BCUT2D eigenvalue weighted by molar-refractivity contribution is 7.13. The third-order valence-electron chi connectivity index (χ3n) is 3.62. The Bertz CT molecular complexity index is 484. The van der Waals surface area contributed by atoms with Crippen molar-refractivity contribution in [2.45, 2.75) is 39.5 Å².